The zero-order chi connectivity index (χ0) is 15.0. The lowest BCUT2D eigenvalue weighted by molar-refractivity contribution is 0.117. The number of ether oxygens (including phenoxy) is 1. The Bertz CT molecular complexity index is 772. The fraction of sp³-hybridized carbons (Fsp3) is 0.600. The van der Waals surface area contributed by atoms with E-state index in [1.54, 1.807) is 15.9 Å². The molecule has 0 saturated heterocycles. The Balaban J connectivity index is 2.18. The van der Waals surface area contributed by atoms with Gasteiger partial charge in [0, 0.05) is 11.5 Å². The average Bonchev–Trinajstić information content (AvgIpc) is 2.83. The van der Waals surface area contributed by atoms with Gasteiger partial charge in [0.2, 0.25) is 0 Å². The average molecular weight is 324 g/mol. The van der Waals surface area contributed by atoms with Crippen LogP contribution >= 0.6 is 23.6 Å². The molecule has 0 saturated carbocycles. The molecule has 2 aromatic heterocycles. The van der Waals surface area contributed by atoms with Crippen LogP contribution in [0.5, 0.6) is 0 Å². The van der Waals surface area contributed by atoms with Crippen LogP contribution in [0.1, 0.15) is 43.2 Å². The van der Waals surface area contributed by atoms with E-state index in [1.807, 2.05) is 13.8 Å². The third kappa shape index (κ3) is 2.60. The summed E-state index contributed by atoms with van der Waals surface area (Å²) in [5.41, 5.74) is 1.29. The third-order valence-electron chi connectivity index (χ3n) is 4.05. The first-order valence-electron chi connectivity index (χ1n) is 7.50. The van der Waals surface area contributed by atoms with Crippen molar-refractivity contribution in [3.63, 3.8) is 0 Å². The highest BCUT2D eigenvalue weighted by molar-refractivity contribution is 7.71. The van der Waals surface area contributed by atoms with Gasteiger partial charge in [0.15, 0.2) is 4.77 Å². The lowest BCUT2D eigenvalue weighted by Gasteiger charge is -2.16. The SMILES string of the molecule is CCOCC(C)n1c(=S)[nH]c2sc3c(c2c1=O)CCCC3. The van der Waals surface area contributed by atoms with Gasteiger partial charge in [0.25, 0.3) is 5.56 Å². The molecule has 0 fully saturated rings. The number of rotatable bonds is 4. The Kier molecular flexibility index (Phi) is 4.28. The molecule has 0 aliphatic heterocycles. The molecule has 0 amide bonds. The first-order chi connectivity index (χ1) is 10.1. The Morgan fingerprint density at radius 2 is 2.19 bits per heavy atom. The molecule has 0 aromatic carbocycles. The maximum Gasteiger partial charge on any atom is 0.263 e. The number of aromatic nitrogens is 2. The minimum Gasteiger partial charge on any atom is -0.380 e. The number of aromatic amines is 1. The highest BCUT2D eigenvalue weighted by atomic mass is 32.1. The molecule has 0 radical (unpaired) electrons. The van der Waals surface area contributed by atoms with E-state index in [-0.39, 0.29) is 11.6 Å². The molecule has 0 spiro atoms. The van der Waals surface area contributed by atoms with E-state index >= 15 is 0 Å². The lowest BCUT2D eigenvalue weighted by Crippen LogP contribution is -2.28. The van der Waals surface area contributed by atoms with Crippen molar-refractivity contribution in [3.8, 4) is 0 Å². The van der Waals surface area contributed by atoms with Crippen molar-refractivity contribution < 1.29 is 4.74 Å². The van der Waals surface area contributed by atoms with Gasteiger partial charge in [-0.25, -0.2) is 0 Å². The Labute approximate surface area is 132 Å². The number of nitrogens with zero attached hydrogens (tertiary/aromatic N) is 1. The fourth-order valence-electron chi connectivity index (χ4n) is 3.01. The van der Waals surface area contributed by atoms with Crippen LogP contribution in [-0.2, 0) is 17.6 Å². The van der Waals surface area contributed by atoms with Gasteiger partial charge >= 0.3 is 0 Å². The second-order valence-corrected chi connectivity index (χ2v) is 7.02. The number of H-pyrrole nitrogens is 1. The van der Waals surface area contributed by atoms with E-state index < -0.39 is 0 Å². The highest BCUT2D eigenvalue weighted by Gasteiger charge is 2.21. The van der Waals surface area contributed by atoms with Crippen molar-refractivity contribution in [2.45, 2.75) is 45.6 Å². The molecule has 1 aliphatic rings. The molecular formula is C15H20N2O2S2. The topological polar surface area (TPSA) is 47.0 Å². The number of hydrogen-bond acceptors (Lipinski definition) is 4. The molecule has 1 N–H and O–H groups in total. The van der Waals surface area contributed by atoms with E-state index in [0.29, 0.717) is 18.0 Å². The first-order valence-corrected chi connectivity index (χ1v) is 8.72. The molecule has 2 heterocycles. The van der Waals surface area contributed by atoms with Gasteiger partial charge in [-0.15, -0.1) is 11.3 Å². The predicted molar refractivity (Wildman–Crippen MR) is 89.1 cm³/mol. The van der Waals surface area contributed by atoms with Crippen molar-refractivity contribution in [2.75, 3.05) is 13.2 Å². The molecule has 1 atom stereocenters. The summed E-state index contributed by atoms with van der Waals surface area (Å²) in [7, 11) is 0. The van der Waals surface area contributed by atoms with E-state index in [0.717, 1.165) is 23.1 Å². The van der Waals surface area contributed by atoms with Gasteiger partial charge in [-0.2, -0.15) is 0 Å². The minimum atomic E-state index is -0.0512. The summed E-state index contributed by atoms with van der Waals surface area (Å²) < 4.78 is 7.62. The monoisotopic (exact) mass is 324 g/mol. The van der Waals surface area contributed by atoms with E-state index in [9.17, 15) is 4.79 Å². The van der Waals surface area contributed by atoms with Gasteiger partial charge in [0.05, 0.1) is 18.0 Å². The number of aryl methyl sites for hydroxylation is 2. The third-order valence-corrected chi connectivity index (χ3v) is 5.55. The van der Waals surface area contributed by atoms with Crippen LogP contribution in [0.15, 0.2) is 4.79 Å². The van der Waals surface area contributed by atoms with Crippen molar-refractivity contribution in [3.05, 3.63) is 25.6 Å². The Morgan fingerprint density at radius 1 is 1.43 bits per heavy atom. The second kappa shape index (κ2) is 6.02. The Morgan fingerprint density at radius 3 is 2.95 bits per heavy atom. The predicted octanol–water partition coefficient (Wildman–Crippen LogP) is 3.60. The summed E-state index contributed by atoms with van der Waals surface area (Å²) in [6.45, 7) is 5.08. The zero-order valence-corrected chi connectivity index (χ0v) is 14.0. The smallest absolute Gasteiger partial charge is 0.263 e. The van der Waals surface area contributed by atoms with Crippen molar-refractivity contribution in [1.82, 2.24) is 9.55 Å². The van der Waals surface area contributed by atoms with Crippen LogP contribution in [0.2, 0.25) is 0 Å². The van der Waals surface area contributed by atoms with E-state index in [4.69, 9.17) is 17.0 Å². The molecule has 6 heteroatoms. The fourth-order valence-corrected chi connectivity index (χ4v) is 4.72. The van der Waals surface area contributed by atoms with Crippen LogP contribution in [0.25, 0.3) is 10.2 Å². The van der Waals surface area contributed by atoms with Crippen LogP contribution in [0.4, 0.5) is 0 Å². The van der Waals surface area contributed by atoms with Crippen LogP contribution in [-0.4, -0.2) is 22.8 Å². The quantitative estimate of drug-likeness (QED) is 0.874. The Hall–Kier alpha value is -0.980. The largest absolute Gasteiger partial charge is 0.380 e. The normalized spacial score (nSPS) is 16.1. The molecule has 3 rings (SSSR count). The van der Waals surface area contributed by atoms with Gasteiger partial charge in [-0.05, 0) is 57.3 Å². The van der Waals surface area contributed by atoms with Gasteiger partial charge in [0.1, 0.15) is 4.83 Å². The molecule has 1 aliphatic carbocycles. The van der Waals surface area contributed by atoms with Gasteiger partial charge in [-0.1, -0.05) is 0 Å². The van der Waals surface area contributed by atoms with Gasteiger partial charge < -0.3 is 9.72 Å². The molecule has 21 heavy (non-hydrogen) atoms. The minimum absolute atomic E-state index is 0.0420. The molecule has 2 aromatic rings. The standard InChI is InChI=1S/C15H20N2O2S2/c1-3-19-8-9(2)17-14(18)12-10-6-4-5-7-11(10)21-13(12)16-15(17)20/h9H,3-8H2,1-2H3,(H,16,20). The molecule has 4 nitrogen and oxygen atoms in total. The molecular weight excluding hydrogens is 304 g/mol. The van der Waals surface area contributed by atoms with Gasteiger partial charge in [-0.3, -0.25) is 9.36 Å². The van der Waals surface area contributed by atoms with Crippen LogP contribution in [0.3, 0.4) is 0 Å². The van der Waals surface area contributed by atoms with Crippen molar-refractivity contribution in [2.24, 2.45) is 0 Å². The molecule has 1 unspecified atom stereocenters. The van der Waals surface area contributed by atoms with Crippen molar-refractivity contribution in [1.29, 1.82) is 0 Å². The lowest BCUT2D eigenvalue weighted by atomic mass is 9.97. The van der Waals surface area contributed by atoms with E-state index in [1.165, 1.54) is 23.3 Å². The maximum absolute atomic E-state index is 12.9. The second-order valence-electron chi connectivity index (χ2n) is 5.53. The number of hydrogen-bond donors (Lipinski definition) is 1. The summed E-state index contributed by atoms with van der Waals surface area (Å²) in [5.74, 6) is 0. The molecule has 114 valence electrons. The maximum atomic E-state index is 12.9. The first kappa shape index (κ1) is 14.9. The van der Waals surface area contributed by atoms with Crippen LogP contribution in [0, 0.1) is 4.77 Å². The summed E-state index contributed by atoms with van der Waals surface area (Å²) in [6, 6.07) is -0.0512. The summed E-state index contributed by atoms with van der Waals surface area (Å²) >= 11 is 7.09. The summed E-state index contributed by atoms with van der Waals surface area (Å²) in [6.07, 6.45) is 4.48. The zero-order valence-electron chi connectivity index (χ0n) is 12.4. The summed E-state index contributed by atoms with van der Waals surface area (Å²) in [5, 5.41) is 0.853. The highest BCUT2D eigenvalue weighted by Crippen LogP contribution is 2.33. The van der Waals surface area contributed by atoms with E-state index in [2.05, 4.69) is 4.98 Å². The van der Waals surface area contributed by atoms with Crippen molar-refractivity contribution >= 4 is 33.8 Å². The van der Waals surface area contributed by atoms with Crippen LogP contribution < -0.4 is 5.56 Å². The number of thiophene rings is 1. The number of fused-ring (bicyclic) bond motifs is 3. The molecule has 0 bridgehead atoms. The number of nitrogens with one attached hydrogen (secondary N) is 1. The summed E-state index contributed by atoms with van der Waals surface area (Å²) in [4.78, 5) is 18.5.